The van der Waals surface area contributed by atoms with Gasteiger partial charge in [0.25, 0.3) is 0 Å². The minimum Gasteiger partial charge on any atom is -0.245 e. The largest absolute Gasteiger partial charge is 0.245 e. The molecule has 0 radical (unpaired) electrons. The van der Waals surface area contributed by atoms with Gasteiger partial charge in [-0.25, -0.2) is 9.37 Å². The summed E-state index contributed by atoms with van der Waals surface area (Å²) in [5.41, 5.74) is 0.775. The van der Waals surface area contributed by atoms with Gasteiger partial charge in [-0.2, -0.15) is 0 Å². The Balaban J connectivity index is 3.08. The van der Waals surface area contributed by atoms with E-state index in [0.29, 0.717) is 4.60 Å². The summed E-state index contributed by atoms with van der Waals surface area (Å²) in [7, 11) is 0. The SMILES string of the molecule is CC(C)c1cc(F)cc(Br)n1. The maximum Gasteiger partial charge on any atom is 0.127 e. The number of hydrogen-bond acceptors (Lipinski definition) is 1. The molecule has 0 amide bonds. The third-order valence-electron chi connectivity index (χ3n) is 1.37. The summed E-state index contributed by atoms with van der Waals surface area (Å²) in [4.78, 5) is 4.11. The Kier molecular flexibility index (Phi) is 2.60. The van der Waals surface area contributed by atoms with Crippen LogP contribution in [0, 0.1) is 5.82 Å². The Hall–Kier alpha value is -0.440. The van der Waals surface area contributed by atoms with E-state index in [0.717, 1.165) is 5.69 Å². The molecule has 1 nitrogen and oxygen atoms in total. The highest BCUT2D eigenvalue weighted by atomic mass is 79.9. The third-order valence-corrected chi connectivity index (χ3v) is 1.78. The number of hydrogen-bond donors (Lipinski definition) is 0. The van der Waals surface area contributed by atoms with E-state index in [1.54, 1.807) is 0 Å². The van der Waals surface area contributed by atoms with Crippen LogP contribution in [0.2, 0.25) is 0 Å². The Morgan fingerprint density at radius 3 is 2.55 bits per heavy atom. The minimum absolute atomic E-state index is 0.240. The summed E-state index contributed by atoms with van der Waals surface area (Å²) in [6.45, 7) is 3.96. The van der Waals surface area contributed by atoms with E-state index in [1.165, 1.54) is 12.1 Å². The van der Waals surface area contributed by atoms with Gasteiger partial charge in [-0.05, 0) is 27.9 Å². The lowest BCUT2D eigenvalue weighted by Crippen LogP contribution is -1.93. The molecule has 60 valence electrons. The summed E-state index contributed by atoms with van der Waals surface area (Å²) in [6, 6.07) is 2.81. The fourth-order valence-electron chi connectivity index (χ4n) is 0.780. The van der Waals surface area contributed by atoms with Crippen molar-refractivity contribution in [2.75, 3.05) is 0 Å². The van der Waals surface area contributed by atoms with Gasteiger partial charge < -0.3 is 0 Å². The van der Waals surface area contributed by atoms with Crippen LogP contribution in [0.3, 0.4) is 0 Å². The quantitative estimate of drug-likeness (QED) is 0.660. The summed E-state index contributed by atoms with van der Waals surface area (Å²) >= 11 is 3.13. The Bertz CT molecular complexity index is 240. The van der Waals surface area contributed by atoms with Crippen LogP contribution in [0.5, 0.6) is 0 Å². The average Bonchev–Trinajstić information content (AvgIpc) is 1.85. The van der Waals surface area contributed by atoms with Crippen LogP contribution < -0.4 is 0 Å². The number of nitrogens with zero attached hydrogens (tertiary/aromatic N) is 1. The first-order valence-electron chi connectivity index (χ1n) is 3.42. The normalized spacial score (nSPS) is 10.6. The molecule has 0 saturated heterocycles. The van der Waals surface area contributed by atoms with Crippen LogP contribution in [-0.4, -0.2) is 4.98 Å². The zero-order valence-corrected chi connectivity index (χ0v) is 8.02. The molecule has 0 spiro atoms. The minimum atomic E-state index is -0.240. The van der Waals surface area contributed by atoms with Gasteiger partial charge in [0.05, 0.1) is 0 Å². The zero-order chi connectivity index (χ0) is 8.43. The highest BCUT2D eigenvalue weighted by molar-refractivity contribution is 9.10. The fraction of sp³-hybridized carbons (Fsp3) is 0.375. The van der Waals surface area contributed by atoms with E-state index < -0.39 is 0 Å². The molecule has 0 aliphatic heterocycles. The van der Waals surface area contributed by atoms with Crippen molar-refractivity contribution in [3.05, 3.63) is 28.2 Å². The summed E-state index contributed by atoms with van der Waals surface area (Å²) in [5.74, 6) is 0.0255. The lowest BCUT2D eigenvalue weighted by Gasteiger charge is -2.03. The van der Waals surface area contributed by atoms with Gasteiger partial charge in [0.2, 0.25) is 0 Å². The first-order chi connectivity index (χ1) is 5.09. The topological polar surface area (TPSA) is 12.9 Å². The van der Waals surface area contributed by atoms with E-state index in [9.17, 15) is 4.39 Å². The van der Waals surface area contributed by atoms with Crippen molar-refractivity contribution in [2.24, 2.45) is 0 Å². The molecule has 0 bridgehead atoms. The molecule has 1 aromatic rings. The number of pyridine rings is 1. The Morgan fingerprint density at radius 1 is 1.45 bits per heavy atom. The lowest BCUT2D eigenvalue weighted by molar-refractivity contribution is 0.616. The molecule has 11 heavy (non-hydrogen) atoms. The highest BCUT2D eigenvalue weighted by Crippen LogP contribution is 2.16. The lowest BCUT2D eigenvalue weighted by atomic mass is 10.1. The molecular formula is C8H9BrFN. The molecule has 0 N–H and O–H groups in total. The highest BCUT2D eigenvalue weighted by Gasteiger charge is 2.03. The van der Waals surface area contributed by atoms with Crippen molar-refractivity contribution in [3.8, 4) is 0 Å². The third kappa shape index (κ3) is 2.26. The van der Waals surface area contributed by atoms with Gasteiger partial charge in [0, 0.05) is 11.8 Å². The van der Waals surface area contributed by atoms with Crippen molar-refractivity contribution in [1.82, 2.24) is 4.98 Å². The maximum absolute atomic E-state index is 12.7. The molecule has 0 atom stereocenters. The summed E-state index contributed by atoms with van der Waals surface area (Å²) in [6.07, 6.45) is 0. The molecule has 0 aliphatic carbocycles. The van der Waals surface area contributed by atoms with Gasteiger partial charge in [-0.15, -0.1) is 0 Å². The molecule has 0 unspecified atom stereocenters. The van der Waals surface area contributed by atoms with E-state index in [1.807, 2.05) is 13.8 Å². The van der Waals surface area contributed by atoms with Crippen molar-refractivity contribution in [3.63, 3.8) is 0 Å². The van der Waals surface area contributed by atoms with Gasteiger partial charge in [0.15, 0.2) is 0 Å². The number of halogens is 2. The standard InChI is InChI=1S/C8H9BrFN/c1-5(2)7-3-6(10)4-8(9)11-7/h3-5H,1-2H3. The maximum atomic E-state index is 12.7. The van der Waals surface area contributed by atoms with Crippen molar-refractivity contribution in [1.29, 1.82) is 0 Å². The monoisotopic (exact) mass is 217 g/mol. The van der Waals surface area contributed by atoms with Crippen LogP contribution in [0.4, 0.5) is 4.39 Å². The van der Waals surface area contributed by atoms with Crippen LogP contribution >= 0.6 is 15.9 Å². The predicted molar refractivity (Wildman–Crippen MR) is 46.0 cm³/mol. The first kappa shape index (κ1) is 8.65. The Labute approximate surface area is 73.8 Å². The van der Waals surface area contributed by atoms with Crippen LogP contribution in [0.15, 0.2) is 16.7 Å². The van der Waals surface area contributed by atoms with Crippen LogP contribution in [-0.2, 0) is 0 Å². The number of rotatable bonds is 1. The molecule has 1 rings (SSSR count). The first-order valence-corrected chi connectivity index (χ1v) is 4.22. The fourth-order valence-corrected chi connectivity index (χ4v) is 1.20. The second kappa shape index (κ2) is 3.30. The molecule has 0 fully saturated rings. The van der Waals surface area contributed by atoms with Crippen LogP contribution in [0.1, 0.15) is 25.5 Å². The molecule has 0 saturated carbocycles. The Morgan fingerprint density at radius 2 is 2.09 bits per heavy atom. The smallest absolute Gasteiger partial charge is 0.127 e. The van der Waals surface area contributed by atoms with E-state index in [2.05, 4.69) is 20.9 Å². The zero-order valence-electron chi connectivity index (χ0n) is 6.44. The van der Waals surface area contributed by atoms with Crippen molar-refractivity contribution < 1.29 is 4.39 Å². The summed E-state index contributed by atoms with van der Waals surface area (Å²) < 4.78 is 13.3. The second-order valence-corrected chi connectivity index (χ2v) is 3.50. The molecule has 3 heteroatoms. The molecule has 0 aliphatic rings. The van der Waals surface area contributed by atoms with Crippen LogP contribution in [0.25, 0.3) is 0 Å². The van der Waals surface area contributed by atoms with E-state index in [-0.39, 0.29) is 11.7 Å². The second-order valence-electron chi connectivity index (χ2n) is 2.69. The van der Waals surface area contributed by atoms with Gasteiger partial charge >= 0.3 is 0 Å². The van der Waals surface area contributed by atoms with Gasteiger partial charge in [-0.1, -0.05) is 13.8 Å². The number of aromatic nitrogens is 1. The van der Waals surface area contributed by atoms with Crippen molar-refractivity contribution in [2.45, 2.75) is 19.8 Å². The predicted octanol–water partition coefficient (Wildman–Crippen LogP) is 3.11. The van der Waals surface area contributed by atoms with Gasteiger partial charge in [-0.3, -0.25) is 0 Å². The van der Waals surface area contributed by atoms with Gasteiger partial charge in [0.1, 0.15) is 10.4 Å². The van der Waals surface area contributed by atoms with Crippen molar-refractivity contribution >= 4 is 15.9 Å². The molecule has 1 heterocycles. The molecule has 0 aromatic carbocycles. The average molecular weight is 218 g/mol. The summed E-state index contributed by atoms with van der Waals surface area (Å²) in [5, 5.41) is 0. The molecular weight excluding hydrogens is 209 g/mol. The van der Waals surface area contributed by atoms with E-state index in [4.69, 9.17) is 0 Å². The molecule has 1 aromatic heterocycles. The van der Waals surface area contributed by atoms with E-state index >= 15 is 0 Å².